The van der Waals surface area contributed by atoms with Crippen LogP contribution in [0.25, 0.3) is 0 Å². The highest BCUT2D eigenvalue weighted by atomic mass is 32.2. The second-order valence-electron chi connectivity index (χ2n) is 6.71. The van der Waals surface area contributed by atoms with Crippen LogP contribution in [0.1, 0.15) is 0 Å². The van der Waals surface area contributed by atoms with Crippen LogP contribution in [0, 0.1) is 0 Å². The SMILES string of the molecule is COc1ccc(NS(=O)(=O)c2ccc(OCC(=O)Nc3cc(OC)ccc3OC)cc2)cc1. The van der Waals surface area contributed by atoms with Crippen molar-refractivity contribution in [1.29, 1.82) is 0 Å². The van der Waals surface area contributed by atoms with E-state index < -0.39 is 15.9 Å². The minimum absolute atomic E-state index is 0.0521. The van der Waals surface area contributed by atoms with Gasteiger partial charge in [-0.05, 0) is 60.7 Å². The molecular weight excluding hydrogens is 448 g/mol. The van der Waals surface area contributed by atoms with Crippen molar-refractivity contribution in [3.63, 3.8) is 0 Å². The average Bonchev–Trinajstić information content (AvgIpc) is 2.83. The number of hydrogen-bond acceptors (Lipinski definition) is 7. The summed E-state index contributed by atoms with van der Waals surface area (Å²) in [6.45, 7) is -0.281. The van der Waals surface area contributed by atoms with Crippen molar-refractivity contribution in [1.82, 2.24) is 0 Å². The summed E-state index contributed by atoms with van der Waals surface area (Å²) in [4.78, 5) is 12.3. The van der Waals surface area contributed by atoms with Gasteiger partial charge in [0.25, 0.3) is 15.9 Å². The largest absolute Gasteiger partial charge is 0.497 e. The van der Waals surface area contributed by atoms with Crippen LogP contribution in [0.15, 0.2) is 71.6 Å². The molecule has 10 heteroatoms. The highest BCUT2D eigenvalue weighted by Gasteiger charge is 2.15. The first-order valence-corrected chi connectivity index (χ1v) is 11.2. The van der Waals surface area contributed by atoms with Crippen molar-refractivity contribution in [3.8, 4) is 23.0 Å². The molecule has 0 saturated heterocycles. The molecule has 0 unspecified atom stereocenters. The molecule has 33 heavy (non-hydrogen) atoms. The first-order valence-electron chi connectivity index (χ1n) is 9.76. The Kier molecular flexibility index (Phi) is 7.62. The second-order valence-corrected chi connectivity index (χ2v) is 8.39. The predicted molar refractivity (Wildman–Crippen MR) is 124 cm³/mol. The van der Waals surface area contributed by atoms with E-state index in [2.05, 4.69) is 10.0 Å². The minimum atomic E-state index is -3.79. The van der Waals surface area contributed by atoms with Gasteiger partial charge in [0.2, 0.25) is 0 Å². The lowest BCUT2D eigenvalue weighted by molar-refractivity contribution is -0.118. The molecule has 2 N–H and O–H groups in total. The Labute approximate surface area is 192 Å². The number of anilines is 2. The van der Waals surface area contributed by atoms with Gasteiger partial charge >= 0.3 is 0 Å². The van der Waals surface area contributed by atoms with E-state index >= 15 is 0 Å². The van der Waals surface area contributed by atoms with Crippen molar-refractivity contribution in [2.75, 3.05) is 38.0 Å². The van der Waals surface area contributed by atoms with Gasteiger partial charge in [-0.2, -0.15) is 0 Å². The third-order valence-electron chi connectivity index (χ3n) is 4.53. The molecular formula is C23H24N2O7S. The van der Waals surface area contributed by atoms with Crippen LogP contribution in [-0.4, -0.2) is 42.3 Å². The first kappa shape index (κ1) is 23.7. The van der Waals surface area contributed by atoms with Crippen LogP contribution in [0.3, 0.4) is 0 Å². The summed E-state index contributed by atoms with van der Waals surface area (Å²) in [5.74, 6) is 1.58. The van der Waals surface area contributed by atoms with Crippen molar-refractivity contribution in [2.24, 2.45) is 0 Å². The number of benzene rings is 3. The second kappa shape index (κ2) is 10.6. The number of carbonyl (C=O) groups is 1. The predicted octanol–water partition coefficient (Wildman–Crippen LogP) is 3.53. The van der Waals surface area contributed by atoms with Crippen LogP contribution < -0.4 is 29.0 Å². The van der Waals surface area contributed by atoms with E-state index in [9.17, 15) is 13.2 Å². The molecule has 3 aromatic rings. The van der Waals surface area contributed by atoms with Crippen LogP contribution in [0.4, 0.5) is 11.4 Å². The minimum Gasteiger partial charge on any atom is -0.497 e. The van der Waals surface area contributed by atoms with E-state index in [1.807, 2.05) is 0 Å². The summed E-state index contributed by atoms with van der Waals surface area (Å²) in [6.07, 6.45) is 0. The van der Waals surface area contributed by atoms with E-state index in [0.29, 0.717) is 34.4 Å². The van der Waals surface area contributed by atoms with Crippen molar-refractivity contribution in [3.05, 3.63) is 66.7 Å². The van der Waals surface area contributed by atoms with Gasteiger partial charge in [0.15, 0.2) is 6.61 Å². The fourth-order valence-electron chi connectivity index (χ4n) is 2.84. The fourth-order valence-corrected chi connectivity index (χ4v) is 3.89. The summed E-state index contributed by atoms with van der Waals surface area (Å²) < 4.78 is 48.6. The van der Waals surface area contributed by atoms with Crippen LogP contribution in [-0.2, 0) is 14.8 Å². The Balaban J connectivity index is 1.59. The monoisotopic (exact) mass is 472 g/mol. The molecule has 0 spiro atoms. The van der Waals surface area contributed by atoms with Gasteiger partial charge in [0.05, 0.1) is 31.9 Å². The van der Waals surface area contributed by atoms with Gasteiger partial charge in [-0.3, -0.25) is 9.52 Å². The molecule has 0 aliphatic rings. The quantitative estimate of drug-likeness (QED) is 0.464. The molecule has 3 rings (SSSR count). The van der Waals surface area contributed by atoms with Crippen molar-refractivity contribution >= 4 is 27.3 Å². The number of methoxy groups -OCH3 is 3. The zero-order valence-electron chi connectivity index (χ0n) is 18.3. The van der Waals surface area contributed by atoms with E-state index in [0.717, 1.165) is 0 Å². The molecule has 0 radical (unpaired) electrons. The molecule has 0 aliphatic carbocycles. The molecule has 9 nitrogen and oxygen atoms in total. The standard InChI is InChI=1S/C23H24N2O7S/c1-29-17-6-4-16(5-7-17)25-33(27,28)20-11-8-18(9-12-20)32-15-23(26)24-21-14-19(30-2)10-13-22(21)31-3/h4-14,25H,15H2,1-3H3,(H,24,26). The summed E-state index contributed by atoms with van der Waals surface area (Å²) in [7, 11) is 0.756. The van der Waals surface area contributed by atoms with Crippen LogP contribution in [0.2, 0.25) is 0 Å². The molecule has 0 atom stereocenters. The third kappa shape index (κ3) is 6.30. The fraction of sp³-hybridized carbons (Fsp3) is 0.174. The number of ether oxygens (including phenoxy) is 4. The molecule has 0 fully saturated rings. The Morgan fingerprint density at radius 2 is 1.39 bits per heavy atom. The third-order valence-corrected chi connectivity index (χ3v) is 5.92. The molecule has 0 bridgehead atoms. The Morgan fingerprint density at radius 3 is 2.00 bits per heavy atom. The summed E-state index contributed by atoms with van der Waals surface area (Å²) in [6, 6.07) is 17.3. The molecule has 0 saturated carbocycles. The Bertz CT molecular complexity index is 1190. The highest BCUT2D eigenvalue weighted by Crippen LogP contribution is 2.29. The van der Waals surface area contributed by atoms with Gasteiger partial charge in [-0.15, -0.1) is 0 Å². The molecule has 3 aromatic carbocycles. The van der Waals surface area contributed by atoms with Crippen LogP contribution >= 0.6 is 0 Å². The molecule has 174 valence electrons. The molecule has 1 amide bonds. The number of carbonyl (C=O) groups excluding carboxylic acids is 1. The molecule has 0 aromatic heterocycles. The maximum Gasteiger partial charge on any atom is 0.262 e. The van der Waals surface area contributed by atoms with Crippen molar-refractivity contribution in [2.45, 2.75) is 4.90 Å². The first-order chi connectivity index (χ1) is 15.8. The van der Waals surface area contributed by atoms with Crippen LogP contribution in [0.5, 0.6) is 23.0 Å². The van der Waals surface area contributed by atoms with Gasteiger partial charge in [-0.25, -0.2) is 8.42 Å². The summed E-state index contributed by atoms with van der Waals surface area (Å²) in [5.41, 5.74) is 0.845. The summed E-state index contributed by atoms with van der Waals surface area (Å²) >= 11 is 0. The number of nitrogens with one attached hydrogen (secondary N) is 2. The lowest BCUT2D eigenvalue weighted by Gasteiger charge is -2.12. The number of sulfonamides is 1. The number of rotatable bonds is 10. The Morgan fingerprint density at radius 1 is 0.788 bits per heavy atom. The van der Waals surface area contributed by atoms with Crippen molar-refractivity contribution < 1.29 is 32.2 Å². The topological polar surface area (TPSA) is 112 Å². The van der Waals surface area contributed by atoms with E-state index in [1.165, 1.54) is 45.6 Å². The van der Waals surface area contributed by atoms with E-state index in [-0.39, 0.29) is 11.5 Å². The lowest BCUT2D eigenvalue weighted by atomic mass is 10.2. The maximum absolute atomic E-state index is 12.6. The van der Waals surface area contributed by atoms with Gasteiger partial charge < -0.3 is 24.3 Å². The number of amides is 1. The molecule has 0 aliphatic heterocycles. The van der Waals surface area contributed by atoms with Gasteiger partial charge in [-0.1, -0.05) is 0 Å². The lowest BCUT2D eigenvalue weighted by Crippen LogP contribution is -2.20. The Hall–Kier alpha value is -3.92. The zero-order valence-corrected chi connectivity index (χ0v) is 19.1. The smallest absolute Gasteiger partial charge is 0.262 e. The zero-order chi connectivity index (χ0) is 23.8. The van der Waals surface area contributed by atoms with E-state index in [4.69, 9.17) is 18.9 Å². The number of hydrogen-bond donors (Lipinski definition) is 2. The highest BCUT2D eigenvalue weighted by molar-refractivity contribution is 7.92. The van der Waals surface area contributed by atoms with E-state index in [1.54, 1.807) is 42.5 Å². The molecule has 0 heterocycles. The van der Waals surface area contributed by atoms with Gasteiger partial charge in [0.1, 0.15) is 23.0 Å². The normalized spacial score (nSPS) is 10.8. The maximum atomic E-state index is 12.6. The average molecular weight is 473 g/mol. The summed E-state index contributed by atoms with van der Waals surface area (Å²) in [5, 5.41) is 2.69. The van der Waals surface area contributed by atoms with Gasteiger partial charge in [0, 0.05) is 11.8 Å².